The smallest absolute Gasteiger partial charge is 0.336 e. The van der Waals surface area contributed by atoms with E-state index in [9.17, 15) is 14.3 Å². The number of fused-ring (bicyclic) bond motifs is 1. The summed E-state index contributed by atoms with van der Waals surface area (Å²) in [6.45, 7) is 3.75. The van der Waals surface area contributed by atoms with E-state index in [4.69, 9.17) is 4.42 Å². The molecule has 0 unspecified atom stereocenters. The highest BCUT2D eigenvalue weighted by atomic mass is 19.1. The summed E-state index contributed by atoms with van der Waals surface area (Å²) in [7, 11) is 0. The second-order valence-corrected chi connectivity index (χ2v) is 8.19. The molecule has 3 aromatic carbocycles. The van der Waals surface area contributed by atoms with E-state index >= 15 is 0 Å². The number of phenolic OH excluding ortho intramolecular Hbond substituents is 1. The minimum atomic E-state index is -0.401. The van der Waals surface area contributed by atoms with Gasteiger partial charge in [0, 0.05) is 22.6 Å². The summed E-state index contributed by atoms with van der Waals surface area (Å²) in [4.78, 5) is 15.6. The van der Waals surface area contributed by atoms with Crippen LogP contribution in [-0.2, 0) is 6.54 Å². The van der Waals surface area contributed by atoms with Gasteiger partial charge in [0.1, 0.15) is 23.7 Å². The van der Waals surface area contributed by atoms with Crippen LogP contribution in [0.3, 0.4) is 0 Å². The Morgan fingerprint density at radius 2 is 1.69 bits per heavy atom. The Bertz CT molecular complexity index is 1310. The molecule has 1 fully saturated rings. The molecule has 4 aromatic rings. The standard InChI is InChI=1S/C26H23FN2O3/c27-22-8-4-5-9-23(22)29-12-10-28(11-13-29)17-19-14-26(31)32-25-16-20(24(30)15-21(19)25)18-6-2-1-3-7-18/h1-9,14-16,30H,10-13,17H2/p+1. The molecule has 1 saturated heterocycles. The Labute approximate surface area is 184 Å². The summed E-state index contributed by atoms with van der Waals surface area (Å²) >= 11 is 0. The van der Waals surface area contributed by atoms with E-state index in [0.717, 1.165) is 42.7 Å². The molecule has 162 valence electrons. The van der Waals surface area contributed by atoms with Crippen molar-refractivity contribution in [2.24, 2.45) is 0 Å². The number of rotatable bonds is 4. The summed E-state index contributed by atoms with van der Waals surface area (Å²) in [6, 6.07) is 21.3. The molecule has 0 bridgehead atoms. The monoisotopic (exact) mass is 431 g/mol. The van der Waals surface area contributed by atoms with E-state index in [1.54, 1.807) is 18.2 Å². The molecule has 1 aliphatic rings. The van der Waals surface area contributed by atoms with Gasteiger partial charge in [-0.2, -0.15) is 0 Å². The number of halogens is 1. The van der Waals surface area contributed by atoms with E-state index in [-0.39, 0.29) is 11.6 Å². The van der Waals surface area contributed by atoms with Crippen LogP contribution >= 0.6 is 0 Å². The van der Waals surface area contributed by atoms with Crippen molar-refractivity contribution < 1.29 is 18.8 Å². The molecule has 32 heavy (non-hydrogen) atoms. The first-order valence-corrected chi connectivity index (χ1v) is 10.8. The number of quaternary nitrogens is 1. The molecular weight excluding hydrogens is 407 g/mol. The van der Waals surface area contributed by atoms with Crippen LogP contribution in [0.1, 0.15) is 5.56 Å². The Hall–Kier alpha value is -3.64. The maximum atomic E-state index is 14.1. The van der Waals surface area contributed by atoms with E-state index < -0.39 is 5.63 Å². The van der Waals surface area contributed by atoms with Crippen LogP contribution in [0.2, 0.25) is 0 Å². The number of hydrogen-bond acceptors (Lipinski definition) is 4. The first-order chi connectivity index (χ1) is 15.6. The van der Waals surface area contributed by atoms with E-state index in [1.807, 2.05) is 42.5 Å². The van der Waals surface area contributed by atoms with Gasteiger partial charge in [0.15, 0.2) is 0 Å². The normalized spacial score (nSPS) is 14.7. The second kappa shape index (κ2) is 8.48. The Morgan fingerprint density at radius 1 is 0.969 bits per heavy atom. The van der Waals surface area contributed by atoms with Gasteiger partial charge in [0.25, 0.3) is 0 Å². The number of para-hydroxylation sites is 1. The molecule has 2 heterocycles. The first-order valence-electron chi connectivity index (χ1n) is 10.8. The topological polar surface area (TPSA) is 58.1 Å². The van der Waals surface area contributed by atoms with Gasteiger partial charge in [-0.05, 0) is 29.8 Å². The Balaban J connectivity index is 1.40. The van der Waals surface area contributed by atoms with Gasteiger partial charge in [-0.15, -0.1) is 0 Å². The van der Waals surface area contributed by atoms with Crippen LogP contribution in [-0.4, -0.2) is 31.3 Å². The third kappa shape index (κ3) is 3.97. The van der Waals surface area contributed by atoms with Gasteiger partial charge >= 0.3 is 5.63 Å². The summed E-state index contributed by atoms with van der Waals surface area (Å²) in [5.41, 5.74) is 3.03. The van der Waals surface area contributed by atoms with E-state index in [2.05, 4.69) is 4.90 Å². The van der Waals surface area contributed by atoms with Crippen LogP contribution in [0.5, 0.6) is 5.75 Å². The van der Waals surface area contributed by atoms with Crippen molar-refractivity contribution in [2.75, 3.05) is 31.1 Å². The van der Waals surface area contributed by atoms with Gasteiger partial charge in [0.05, 0.1) is 31.9 Å². The maximum Gasteiger partial charge on any atom is 0.336 e. The van der Waals surface area contributed by atoms with Crippen LogP contribution in [0.4, 0.5) is 10.1 Å². The molecule has 0 spiro atoms. The lowest BCUT2D eigenvalue weighted by Crippen LogP contribution is -3.13. The minimum Gasteiger partial charge on any atom is -0.507 e. The fraction of sp³-hybridized carbons (Fsp3) is 0.192. The molecule has 5 rings (SSSR count). The van der Waals surface area contributed by atoms with Crippen molar-refractivity contribution in [1.82, 2.24) is 0 Å². The van der Waals surface area contributed by atoms with Crippen molar-refractivity contribution in [1.29, 1.82) is 0 Å². The van der Waals surface area contributed by atoms with Crippen LogP contribution < -0.4 is 15.4 Å². The zero-order valence-electron chi connectivity index (χ0n) is 17.6. The zero-order chi connectivity index (χ0) is 22.1. The molecule has 0 amide bonds. The molecule has 5 nitrogen and oxygen atoms in total. The summed E-state index contributed by atoms with van der Waals surface area (Å²) in [5.74, 6) is -0.0505. The zero-order valence-corrected chi connectivity index (χ0v) is 17.6. The van der Waals surface area contributed by atoms with Crippen LogP contribution in [0.15, 0.2) is 82.0 Å². The number of aromatic hydroxyl groups is 1. The van der Waals surface area contributed by atoms with Crippen molar-refractivity contribution in [3.8, 4) is 16.9 Å². The number of benzene rings is 3. The van der Waals surface area contributed by atoms with E-state index in [1.165, 1.54) is 17.0 Å². The fourth-order valence-corrected chi connectivity index (χ4v) is 4.47. The minimum absolute atomic E-state index is 0.151. The van der Waals surface area contributed by atoms with Crippen molar-refractivity contribution in [3.63, 3.8) is 0 Å². The predicted molar refractivity (Wildman–Crippen MR) is 123 cm³/mol. The van der Waals surface area contributed by atoms with Crippen LogP contribution in [0, 0.1) is 5.82 Å². The SMILES string of the molecule is O=c1cc(C[NH+]2CCN(c3ccccc3F)CC2)c2cc(O)c(-c3ccccc3)cc2o1. The summed E-state index contributed by atoms with van der Waals surface area (Å²) in [6.07, 6.45) is 0. The Morgan fingerprint density at radius 3 is 2.44 bits per heavy atom. The number of hydrogen-bond donors (Lipinski definition) is 2. The molecule has 0 aliphatic carbocycles. The fourth-order valence-electron chi connectivity index (χ4n) is 4.47. The molecule has 0 radical (unpaired) electrons. The van der Waals surface area contributed by atoms with Gasteiger partial charge in [-0.25, -0.2) is 9.18 Å². The quantitative estimate of drug-likeness (QED) is 0.487. The van der Waals surface area contributed by atoms with Crippen molar-refractivity contribution >= 4 is 16.7 Å². The molecule has 6 heteroatoms. The highest BCUT2D eigenvalue weighted by molar-refractivity contribution is 5.88. The average Bonchev–Trinajstić information content (AvgIpc) is 2.81. The highest BCUT2D eigenvalue weighted by Gasteiger charge is 2.23. The average molecular weight is 431 g/mol. The number of anilines is 1. The molecule has 0 atom stereocenters. The number of phenols is 1. The third-order valence-corrected chi connectivity index (χ3v) is 6.14. The van der Waals surface area contributed by atoms with Gasteiger partial charge in [0.2, 0.25) is 0 Å². The Kier molecular flexibility index (Phi) is 5.37. The lowest BCUT2D eigenvalue weighted by Gasteiger charge is -2.33. The van der Waals surface area contributed by atoms with Crippen LogP contribution in [0.25, 0.3) is 22.1 Å². The second-order valence-electron chi connectivity index (χ2n) is 8.19. The molecular formula is C26H24FN2O3+. The lowest BCUT2D eigenvalue weighted by atomic mass is 10.0. The van der Waals surface area contributed by atoms with Gasteiger partial charge in [-0.3, -0.25) is 0 Å². The van der Waals surface area contributed by atoms with Crippen molar-refractivity contribution in [2.45, 2.75) is 6.54 Å². The van der Waals surface area contributed by atoms with Gasteiger partial charge < -0.3 is 19.3 Å². The first kappa shape index (κ1) is 20.3. The lowest BCUT2D eigenvalue weighted by molar-refractivity contribution is -0.914. The number of nitrogens with zero attached hydrogens (tertiary/aromatic N) is 1. The molecule has 1 aliphatic heterocycles. The number of piperazine rings is 1. The van der Waals surface area contributed by atoms with E-state index in [0.29, 0.717) is 23.4 Å². The molecule has 1 aromatic heterocycles. The highest BCUT2D eigenvalue weighted by Crippen LogP contribution is 2.34. The predicted octanol–water partition coefficient (Wildman–Crippen LogP) is 3.21. The van der Waals surface area contributed by atoms with Crippen molar-refractivity contribution in [3.05, 3.63) is 94.6 Å². The largest absolute Gasteiger partial charge is 0.507 e. The molecule has 2 N–H and O–H groups in total. The third-order valence-electron chi connectivity index (χ3n) is 6.14. The molecule has 0 saturated carbocycles. The van der Waals surface area contributed by atoms with Gasteiger partial charge in [-0.1, -0.05) is 42.5 Å². The maximum absolute atomic E-state index is 14.1. The summed E-state index contributed by atoms with van der Waals surface area (Å²) in [5, 5.41) is 11.4. The summed E-state index contributed by atoms with van der Waals surface area (Å²) < 4.78 is 19.6. The number of nitrogens with one attached hydrogen (secondary N) is 1.